The van der Waals surface area contributed by atoms with Gasteiger partial charge in [-0.3, -0.25) is 4.79 Å². The van der Waals surface area contributed by atoms with Crippen LogP contribution in [0.2, 0.25) is 0 Å². The van der Waals surface area contributed by atoms with Crippen LogP contribution < -0.4 is 15.4 Å². The third-order valence-corrected chi connectivity index (χ3v) is 3.64. The maximum atomic E-state index is 11.8. The van der Waals surface area contributed by atoms with Crippen LogP contribution in [0, 0.1) is 0 Å². The maximum Gasteiger partial charge on any atom is 0.260 e. The minimum atomic E-state index is -0.546. The largest absolute Gasteiger partial charge is 0.481 e. The van der Waals surface area contributed by atoms with Crippen molar-refractivity contribution in [2.24, 2.45) is 0 Å². The Balaban J connectivity index is 2.58. The predicted octanol–water partition coefficient (Wildman–Crippen LogP) is 2.09. The van der Waals surface area contributed by atoms with Gasteiger partial charge in [-0.2, -0.15) is 0 Å². The van der Waals surface area contributed by atoms with Crippen molar-refractivity contribution in [3.63, 3.8) is 0 Å². The highest BCUT2D eigenvalue weighted by Crippen LogP contribution is 2.23. The monoisotopic (exact) mass is 358 g/mol. The van der Waals surface area contributed by atoms with Crippen molar-refractivity contribution >= 4 is 21.8 Å². The predicted molar refractivity (Wildman–Crippen MR) is 86.5 cm³/mol. The van der Waals surface area contributed by atoms with E-state index in [4.69, 9.17) is 9.47 Å². The van der Waals surface area contributed by atoms with Gasteiger partial charge in [-0.15, -0.1) is 0 Å². The number of carbonyl (C=O) groups excluding carboxylic acids is 1. The highest BCUT2D eigenvalue weighted by atomic mass is 79.9. The second-order valence-electron chi connectivity index (χ2n) is 4.58. The average Bonchev–Trinajstić information content (AvgIpc) is 2.47. The molecule has 118 valence electrons. The van der Waals surface area contributed by atoms with E-state index in [0.717, 1.165) is 23.1 Å². The lowest BCUT2D eigenvalue weighted by Crippen LogP contribution is -2.37. The molecule has 0 bridgehead atoms. The van der Waals surface area contributed by atoms with Crippen molar-refractivity contribution in [1.82, 2.24) is 10.6 Å². The summed E-state index contributed by atoms with van der Waals surface area (Å²) >= 11 is 3.51. The summed E-state index contributed by atoms with van der Waals surface area (Å²) in [5.41, 5.74) is 1.10. The van der Waals surface area contributed by atoms with Gasteiger partial charge in [0, 0.05) is 24.7 Å². The lowest BCUT2D eigenvalue weighted by molar-refractivity contribution is -0.127. The van der Waals surface area contributed by atoms with Crippen molar-refractivity contribution < 1.29 is 14.3 Å². The molecule has 0 aliphatic carbocycles. The molecule has 1 amide bonds. The molecule has 6 heteroatoms. The molecule has 0 saturated carbocycles. The molecule has 0 heterocycles. The standard InChI is InChI=1S/C15H23BrN2O3/c1-4-17-10-12-9-13(5-6-14(12)16)21-11(2)15(19)18-7-8-20-3/h5-6,9,11,17H,4,7-8,10H2,1-3H3,(H,18,19). The van der Waals surface area contributed by atoms with Gasteiger partial charge in [-0.1, -0.05) is 22.9 Å². The Morgan fingerprint density at radius 1 is 1.43 bits per heavy atom. The van der Waals surface area contributed by atoms with Gasteiger partial charge < -0.3 is 20.1 Å². The Morgan fingerprint density at radius 2 is 2.19 bits per heavy atom. The van der Waals surface area contributed by atoms with Gasteiger partial charge in [-0.05, 0) is 37.2 Å². The molecule has 2 N–H and O–H groups in total. The summed E-state index contributed by atoms with van der Waals surface area (Å²) in [6, 6.07) is 5.71. The van der Waals surface area contributed by atoms with Crippen LogP contribution in [0.15, 0.2) is 22.7 Å². The van der Waals surface area contributed by atoms with Gasteiger partial charge in [-0.25, -0.2) is 0 Å². The van der Waals surface area contributed by atoms with Gasteiger partial charge >= 0.3 is 0 Å². The van der Waals surface area contributed by atoms with Gasteiger partial charge in [0.05, 0.1) is 6.61 Å². The highest BCUT2D eigenvalue weighted by Gasteiger charge is 2.14. The van der Waals surface area contributed by atoms with Crippen LogP contribution in [0.4, 0.5) is 0 Å². The normalized spacial score (nSPS) is 12.0. The highest BCUT2D eigenvalue weighted by molar-refractivity contribution is 9.10. The topological polar surface area (TPSA) is 59.6 Å². The lowest BCUT2D eigenvalue weighted by Gasteiger charge is -2.16. The van der Waals surface area contributed by atoms with E-state index < -0.39 is 6.10 Å². The Hall–Kier alpha value is -1.11. The minimum absolute atomic E-state index is 0.150. The smallest absolute Gasteiger partial charge is 0.260 e. The number of ether oxygens (including phenoxy) is 2. The molecule has 5 nitrogen and oxygen atoms in total. The number of carbonyl (C=O) groups is 1. The van der Waals surface area contributed by atoms with Gasteiger partial charge in [0.25, 0.3) is 5.91 Å². The van der Waals surface area contributed by atoms with E-state index in [1.165, 1.54) is 0 Å². The molecule has 0 fully saturated rings. The molecule has 0 aliphatic heterocycles. The fraction of sp³-hybridized carbons (Fsp3) is 0.533. The molecule has 0 radical (unpaired) electrons. The Bertz CT molecular complexity index is 455. The molecule has 0 saturated heterocycles. The van der Waals surface area contributed by atoms with Crippen molar-refractivity contribution in [2.75, 3.05) is 26.8 Å². The SMILES string of the molecule is CCNCc1cc(OC(C)C(=O)NCCOC)ccc1Br. The van der Waals surface area contributed by atoms with Gasteiger partial charge in [0.1, 0.15) is 5.75 Å². The Kier molecular flexibility index (Phi) is 8.34. The number of hydrogen-bond donors (Lipinski definition) is 2. The molecule has 21 heavy (non-hydrogen) atoms. The molecule has 1 atom stereocenters. The van der Waals surface area contributed by atoms with Crippen molar-refractivity contribution in [3.05, 3.63) is 28.2 Å². The van der Waals surface area contributed by atoms with E-state index in [1.807, 2.05) is 18.2 Å². The van der Waals surface area contributed by atoms with Crippen LogP contribution >= 0.6 is 15.9 Å². The van der Waals surface area contributed by atoms with Crippen LogP contribution in [-0.2, 0) is 16.1 Å². The van der Waals surface area contributed by atoms with Crippen molar-refractivity contribution in [1.29, 1.82) is 0 Å². The van der Waals surface area contributed by atoms with Crippen molar-refractivity contribution in [2.45, 2.75) is 26.5 Å². The van der Waals surface area contributed by atoms with Gasteiger partial charge in [0.2, 0.25) is 0 Å². The summed E-state index contributed by atoms with van der Waals surface area (Å²) in [7, 11) is 1.60. The number of methoxy groups -OCH3 is 1. The zero-order valence-electron chi connectivity index (χ0n) is 12.7. The lowest BCUT2D eigenvalue weighted by atomic mass is 10.2. The van der Waals surface area contributed by atoms with Crippen LogP contribution in [0.5, 0.6) is 5.75 Å². The first-order chi connectivity index (χ1) is 10.1. The molecule has 0 aliphatic rings. The summed E-state index contributed by atoms with van der Waals surface area (Å²) in [6.07, 6.45) is -0.546. The summed E-state index contributed by atoms with van der Waals surface area (Å²) in [4.78, 5) is 11.8. The molecule has 1 aromatic rings. The number of amides is 1. The number of benzene rings is 1. The first kappa shape index (κ1) is 17.9. The summed E-state index contributed by atoms with van der Waals surface area (Å²) in [6.45, 7) is 6.41. The quantitative estimate of drug-likeness (QED) is 0.663. The molecule has 1 unspecified atom stereocenters. The van der Waals surface area contributed by atoms with E-state index in [1.54, 1.807) is 14.0 Å². The van der Waals surface area contributed by atoms with E-state index in [0.29, 0.717) is 18.9 Å². The molecule has 0 aromatic heterocycles. The molecule has 1 rings (SSSR count). The maximum absolute atomic E-state index is 11.8. The Morgan fingerprint density at radius 3 is 2.86 bits per heavy atom. The fourth-order valence-electron chi connectivity index (χ4n) is 1.70. The summed E-state index contributed by atoms with van der Waals surface area (Å²) < 4.78 is 11.6. The van der Waals surface area contributed by atoms with E-state index in [9.17, 15) is 4.79 Å². The fourth-order valence-corrected chi connectivity index (χ4v) is 2.08. The summed E-state index contributed by atoms with van der Waals surface area (Å²) in [5, 5.41) is 6.02. The Labute approximate surface area is 134 Å². The van der Waals surface area contributed by atoms with Crippen LogP contribution in [0.1, 0.15) is 19.4 Å². The second-order valence-corrected chi connectivity index (χ2v) is 5.43. The third kappa shape index (κ3) is 6.46. The van der Waals surface area contributed by atoms with Crippen LogP contribution in [-0.4, -0.2) is 38.8 Å². The zero-order valence-corrected chi connectivity index (χ0v) is 14.3. The number of rotatable bonds is 9. The first-order valence-corrected chi connectivity index (χ1v) is 7.80. The minimum Gasteiger partial charge on any atom is -0.481 e. The number of nitrogens with one attached hydrogen (secondary N) is 2. The van der Waals surface area contributed by atoms with Crippen LogP contribution in [0.3, 0.4) is 0 Å². The third-order valence-electron chi connectivity index (χ3n) is 2.87. The van der Waals surface area contributed by atoms with E-state index in [2.05, 4.69) is 33.5 Å². The van der Waals surface area contributed by atoms with Gasteiger partial charge in [0.15, 0.2) is 6.10 Å². The van der Waals surface area contributed by atoms with Crippen LogP contribution in [0.25, 0.3) is 0 Å². The summed E-state index contributed by atoms with van der Waals surface area (Å²) in [5.74, 6) is 0.531. The number of halogens is 1. The average molecular weight is 359 g/mol. The number of hydrogen-bond acceptors (Lipinski definition) is 4. The molecule has 1 aromatic carbocycles. The second kappa shape index (κ2) is 9.76. The van der Waals surface area contributed by atoms with Crippen molar-refractivity contribution in [3.8, 4) is 5.75 Å². The van der Waals surface area contributed by atoms with E-state index >= 15 is 0 Å². The molecule has 0 spiro atoms. The first-order valence-electron chi connectivity index (χ1n) is 7.01. The zero-order chi connectivity index (χ0) is 15.7. The molecular weight excluding hydrogens is 336 g/mol. The van der Waals surface area contributed by atoms with E-state index in [-0.39, 0.29) is 5.91 Å². The molecular formula is C15H23BrN2O3.